The maximum Gasteiger partial charge on any atom is 0.250 e. The van der Waals surface area contributed by atoms with Crippen LogP contribution in [0.1, 0.15) is 25.0 Å². The first kappa shape index (κ1) is 27.9. The van der Waals surface area contributed by atoms with Crippen LogP contribution in [-0.2, 0) is 4.79 Å². The minimum Gasteiger partial charge on any atom is -0.872 e. The van der Waals surface area contributed by atoms with Gasteiger partial charge in [-0.3, -0.25) is 9.36 Å². The second-order valence-electron chi connectivity index (χ2n) is 8.85. The molecular weight excluding hydrogens is 512 g/mol. The number of hydrogen-bond acceptors (Lipinski definition) is 7. The minimum absolute atomic E-state index is 0.0679. The number of carbonyl (C=O) groups is 1. The average molecular weight is 545 g/mol. The first-order valence-electron chi connectivity index (χ1n) is 12.7. The number of amides is 1. The lowest BCUT2D eigenvalue weighted by atomic mass is 10.2. The topological polar surface area (TPSA) is 109 Å². The highest BCUT2D eigenvalue weighted by Gasteiger charge is 2.17. The Labute approximate surface area is 232 Å². The molecule has 9 nitrogen and oxygen atoms in total. The molecule has 0 saturated carbocycles. The Morgan fingerprint density at radius 1 is 1.08 bits per heavy atom. The number of benzene rings is 3. The number of quaternary nitrogens is 1. The van der Waals surface area contributed by atoms with Gasteiger partial charge in [0.15, 0.2) is 11.0 Å². The van der Waals surface area contributed by atoms with E-state index in [1.807, 2.05) is 66.1 Å². The third-order valence-corrected chi connectivity index (χ3v) is 7.20. The van der Waals surface area contributed by atoms with Gasteiger partial charge in [-0.25, -0.2) is 5.43 Å². The van der Waals surface area contributed by atoms with Crippen molar-refractivity contribution in [2.45, 2.75) is 25.9 Å². The van der Waals surface area contributed by atoms with E-state index in [9.17, 15) is 9.90 Å². The quantitative estimate of drug-likeness (QED) is 0.171. The Balaban J connectivity index is 1.46. The van der Waals surface area contributed by atoms with Crippen molar-refractivity contribution in [3.05, 3.63) is 77.9 Å². The SMILES string of the molecule is CC[NH+](CC)c1ccc(C=NNC(=O)CSc2nnc(-c3ccc(OC)cc3)n2-c2ccc(C)cc2)c([O-])c1. The molecule has 0 fully saturated rings. The average Bonchev–Trinajstić information content (AvgIpc) is 3.38. The summed E-state index contributed by atoms with van der Waals surface area (Å²) in [5.74, 6) is 1.02. The van der Waals surface area contributed by atoms with Crippen LogP contribution < -0.4 is 20.2 Å². The molecule has 0 spiro atoms. The standard InChI is InChI=1S/C29H32N6O3S/c1-5-34(6-2)24-14-9-22(26(36)17-24)18-30-31-27(37)19-39-29-33-32-28(21-10-15-25(38-4)16-11-21)35(29)23-12-7-20(3)8-13-23/h7-18,36H,5-6,19H2,1-4H3,(H,31,37). The Morgan fingerprint density at radius 3 is 2.44 bits per heavy atom. The third kappa shape index (κ3) is 6.84. The molecule has 1 aromatic heterocycles. The number of aryl methyl sites for hydroxylation is 1. The van der Waals surface area contributed by atoms with Crippen LogP contribution in [0.15, 0.2) is 77.0 Å². The molecule has 1 heterocycles. The minimum atomic E-state index is -0.322. The fraction of sp³-hybridized carbons (Fsp3) is 0.241. The predicted molar refractivity (Wildman–Crippen MR) is 152 cm³/mol. The zero-order valence-corrected chi connectivity index (χ0v) is 23.3. The van der Waals surface area contributed by atoms with Gasteiger partial charge >= 0.3 is 0 Å². The fourth-order valence-corrected chi connectivity index (χ4v) is 4.82. The summed E-state index contributed by atoms with van der Waals surface area (Å²) in [6, 6.07) is 20.9. The molecule has 0 aliphatic heterocycles. The van der Waals surface area contributed by atoms with E-state index >= 15 is 0 Å². The van der Waals surface area contributed by atoms with E-state index in [4.69, 9.17) is 4.74 Å². The summed E-state index contributed by atoms with van der Waals surface area (Å²) in [6.45, 7) is 7.98. The monoisotopic (exact) mass is 544 g/mol. The van der Waals surface area contributed by atoms with Crippen LogP contribution in [0.25, 0.3) is 17.1 Å². The number of nitrogens with one attached hydrogen (secondary N) is 2. The maximum atomic E-state index is 12.6. The second kappa shape index (κ2) is 13.1. The Hall–Kier alpha value is -4.15. The summed E-state index contributed by atoms with van der Waals surface area (Å²) in [4.78, 5) is 13.8. The van der Waals surface area contributed by atoms with Gasteiger partial charge in [-0.05, 0) is 80.9 Å². The molecule has 202 valence electrons. The molecule has 0 saturated heterocycles. The Bertz CT molecular complexity index is 1430. The van der Waals surface area contributed by atoms with Crippen molar-refractivity contribution in [1.29, 1.82) is 0 Å². The molecule has 0 aliphatic rings. The number of aromatic nitrogens is 3. The molecule has 0 aliphatic carbocycles. The molecule has 4 rings (SSSR count). The molecule has 39 heavy (non-hydrogen) atoms. The van der Waals surface area contributed by atoms with Crippen LogP contribution in [0.5, 0.6) is 11.5 Å². The zero-order valence-electron chi connectivity index (χ0n) is 22.5. The van der Waals surface area contributed by atoms with Crippen molar-refractivity contribution in [3.8, 4) is 28.6 Å². The largest absolute Gasteiger partial charge is 0.872 e. The van der Waals surface area contributed by atoms with Crippen molar-refractivity contribution in [1.82, 2.24) is 20.2 Å². The van der Waals surface area contributed by atoms with Gasteiger partial charge in [0.25, 0.3) is 5.91 Å². The van der Waals surface area contributed by atoms with Crippen LogP contribution in [0.2, 0.25) is 0 Å². The van der Waals surface area contributed by atoms with Crippen LogP contribution in [-0.4, -0.2) is 52.8 Å². The summed E-state index contributed by atoms with van der Waals surface area (Å²) in [6.07, 6.45) is 1.38. The van der Waals surface area contributed by atoms with Crippen molar-refractivity contribution in [2.24, 2.45) is 5.10 Å². The summed E-state index contributed by atoms with van der Waals surface area (Å²) < 4.78 is 7.20. The van der Waals surface area contributed by atoms with Gasteiger partial charge in [0.05, 0.1) is 32.2 Å². The number of carbonyl (C=O) groups excluding carboxylic acids is 1. The summed E-state index contributed by atoms with van der Waals surface area (Å²) >= 11 is 1.25. The van der Waals surface area contributed by atoms with E-state index in [1.54, 1.807) is 19.2 Å². The predicted octanol–water partition coefficient (Wildman–Crippen LogP) is 3.12. The van der Waals surface area contributed by atoms with E-state index in [0.29, 0.717) is 16.5 Å². The van der Waals surface area contributed by atoms with Crippen LogP contribution in [0.4, 0.5) is 5.69 Å². The molecule has 2 N–H and O–H groups in total. The second-order valence-corrected chi connectivity index (χ2v) is 9.79. The Morgan fingerprint density at radius 2 is 1.79 bits per heavy atom. The first-order valence-corrected chi connectivity index (χ1v) is 13.7. The van der Waals surface area contributed by atoms with Crippen molar-refractivity contribution in [3.63, 3.8) is 0 Å². The van der Waals surface area contributed by atoms with Crippen LogP contribution >= 0.6 is 11.8 Å². The number of rotatable bonds is 11. The molecule has 0 atom stereocenters. The van der Waals surface area contributed by atoms with Gasteiger partial charge in [0.1, 0.15) is 11.4 Å². The van der Waals surface area contributed by atoms with Crippen LogP contribution in [0.3, 0.4) is 0 Å². The number of nitrogens with zero attached hydrogens (tertiary/aromatic N) is 4. The van der Waals surface area contributed by atoms with E-state index in [-0.39, 0.29) is 17.4 Å². The normalized spacial score (nSPS) is 11.3. The van der Waals surface area contributed by atoms with Gasteiger partial charge in [-0.15, -0.1) is 10.2 Å². The smallest absolute Gasteiger partial charge is 0.250 e. The van der Waals surface area contributed by atoms with Gasteiger partial charge in [0.2, 0.25) is 0 Å². The number of hydrazone groups is 1. The van der Waals surface area contributed by atoms with Crippen molar-refractivity contribution < 1.29 is 19.5 Å². The molecule has 3 aromatic carbocycles. The van der Waals surface area contributed by atoms with E-state index in [2.05, 4.69) is 34.6 Å². The van der Waals surface area contributed by atoms with E-state index in [1.165, 1.54) is 22.9 Å². The lowest BCUT2D eigenvalue weighted by Crippen LogP contribution is -3.06. The highest BCUT2D eigenvalue weighted by Crippen LogP contribution is 2.29. The zero-order chi connectivity index (χ0) is 27.8. The fourth-order valence-electron chi connectivity index (χ4n) is 4.07. The number of methoxy groups -OCH3 is 1. The highest BCUT2D eigenvalue weighted by atomic mass is 32.2. The summed E-state index contributed by atoms with van der Waals surface area (Å²) in [7, 11) is 1.62. The molecule has 0 unspecified atom stereocenters. The molecule has 10 heteroatoms. The van der Waals surface area contributed by atoms with Crippen LogP contribution in [0, 0.1) is 6.92 Å². The summed E-state index contributed by atoms with van der Waals surface area (Å²) in [5, 5.41) is 25.8. The molecule has 1 amide bonds. The maximum absolute atomic E-state index is 12.6. The third-order valence-electron chi connectivity index (χ3n) is 6.27. The number of ether oxygens (including phenoxy) is 1. The first-order chi connectivity index (χ1) is 18.9. The lowest BCUT2D eigenvalue weighted by molar-refractivity contribution is -0.828. The number of hydrogen-bond donors (Lipinski definition) is 2. The van der Waals surface area contributed by atoms with Gasteiger partial charge in [0, 0.05) is 11.3 Å². The van der Waals surface area contributed by atoms with Gasteiger partial charge in [-0.1, -0.05) is 35.2 Å². The lowest BCUT2D eigenvalue weighted by Gasteiger charge is -2.18. The summed E-state index contributed by atoms with van der Waals surface area (Å²) in [5.41, 5.74) is 6.76. The van der Waals surface area contributed by atoms with Gasteiger partial charge in [-0.2, -0.15) is 5.10 Å². The van der Waals surface area contributed by atoms with E-state index < -0.39 is 0 Å². The molecule has 0 radical (unpaired) electrons. The van der Waals surface area contributed by atoms with E-state index in [0.717, 1.165) is 41.3 Å². The van der Waals surface area contributed by atoms with Gasteiger partial charge < -0.3 is 14.7 Å². The van der Waals surface area contributed by atoms with Crippen molar-refractivity contribution >= 4 is 29.6 Å². The van der Waals surface area contributed by atoms with Crippen molar-refractivity contribution in [2.75, 3.05) is 26.0 Å². The molecule has 0 bridgehead atoms. The Kier molecular flexibility index (Phi) is 9.35. The highest BCUT2D eigenvalue weighted by molar-refractivity contribution is 7.99. The number of thioether (sulfide) groups is 1. The molecule has 4 aromatic rings. The molecular formula is C29H32N6O3S.